The van der Waals surface area contributed by atoms with Gasteiger partial charge >= 0.3 is 0 Å². The third kappa shape index (κ3) is 13.0. The summed E-state index contributed by atoms with van der Waals surface area (Å²) in [5, 5.41) is 17.0. The average molecular weight is 567 g/mol. The predicted octanol–water partition coefficient (Wildman–Crippen LogP) is -0.375. The molecule has 4 atom stereocenters. The van der Waals surface area contributed by atoms with Crippen molar-refractivity contribution in [3.63, 3.8) is 0 Å². The number of hydrogen-bond donors (Lipinski definition) is 8. The van der Waals surface area contributed by atoms with E-state index in [-0.39, 0.29) is 31.1 Å². The molecule has 226 valence electrons. The zero-order chi connectivity index (χ0) is 30.2. The van der Waals surface area contributed by atoms with E-state index >= 15 is 0 Å². The van der Waals surface area contributed by atoms with Crippen LogP contribution >= 0.6 is 0 Å². The first kappa shape index (κ1) is 34.5. The second kappa shape index (κ2) is 17.9. The molecule has 0 bridgehead atoms. The highest BCUT2D eigenvalue weighted by molar-refractivity contribution is 5.94. The largest absolute Gasteiger partial charge is 0.368 e. The summed E-state index contributed by atoms with van der Waals surface area (Å²) in [6, 6.07) is -3.06. The molecule has 0 aromatic carbocycles. The molecule has 0 aliphatic heterocycles. The summed E-state index contributed by atoms with van der Waals surface area (Å²) in [6.45, 7) is 7.98. The Kier molecular flexibility index (Phi) is 15.5. The summed E-state index contributed by atoms with van der Waals surface area (Å²) in [5.74, 6) is -3.85. The minimum Gasteiger partial charge on any atom is -0.368 e. The van der Waals surface area contributed by atoms with E-state index in [9.17, 15) is 24.0 Å². The van der Waals surface area contributed by atoms with Crippen molar-refractivity contribution >= 4 is 29.5 Å². The molecule has 0 saturated heterocycles. The average Bonchev–Trinajstić information content (AvgIpc) is 3.39. The van der Waals surface area contributed by atoms with Crippen molar-refractivity contribution in [2.24, 2.45) is 29.2 Å². The number of nitrogens with one attached hydrogen (secondary N) is 5. The second-order valence-electron chi connectivity index (χ2n) is 10.8. The Labute approximate surface area is 235 Å². The summed E-state index contributed by atoms with van der Waals surface area (Å²) in [7, 11) is 0. The number of amides is 5. The number of carbonyl (C=O) groups is 5. The molecule has 14 heteroatoms. The quantitative estimate of drug-likeness (QED) is 0.0623. The molecule has 0 radical (unpaired) electrons. The summed E-state index contributed by atoms with van der Waals surface area (Å²) in [4.78, 5) is 70.4. The van der Waals surface area contributed by atoms with Gasteiger partial charge in [-0.15, -0.1) is 0 Å². The predicted molar refractivity (Wildman–Crippen MR) is 147 cm³/mol. The fourth-order valence-electron chi connectivity index (χ4n) is 4.26. The first-order chi connectivity index (χ1) is 18.9. The highest BCUT2D eigenvalue weighted by atomic mass is 16.5. The van der Waals surface area contributed by atoms with Crippen LogP contribution in [0.15, 0.2) is 12.5 Å². The smallest absolute Gasteiger partial charge is 0.244 e. The van der Waals surface area contributed by atoms with Gasteiger partial charge in [0.2, 0.25) is 29.5 Å². The van der Waals surface area contributed by atoms with E-state index in [2.05, 4.69) is 25.9 Å². The number of unbranched alkanes of at least 4 members (excludes halogenated alkanes) is 1. The molecule has 10 N–H and O–H groups in total. The molecule has 1 aromatic rings. The first-order valence-electron chi connectivity index (χ1n) is 13.7. The normalized spacial score (nSPS) is 14.2. The van der Waals surface area contributed by atoms with Crippen LogP contribution in [0.3, 0.4) is 0 Å². The minimum absolute atomic E-state index is 0.00186. The second-order valence-corrected chi connectivity index (χ2v) is 10.8. The molecule has 1 aromatic heterocycles. The number of aromatic amines is 1. The van der Waals surface area contributed by atoms with Gasteiger partial charge in [0, 0.05) is 30.7 Å². The molecule has 1 rings (SSSR count). The molecule has 0 spiro atoms. The zero-order valence-corrected chi connectivity index (χ0v) is 23.9. The summed E-state index contributed by atoms with van der Waals surface area (Å²) < 4.78 is 0. The third-order valence-corrected chi connectivity index (χ3v) is 6.24. The lowest BCUT2D eigenvalue weighted by molar-refractivity contribution is -0.137. The summed E-state index contributed by atoms with van der Waals surface area (Å²) in [5.41, 5.74) is 13.1. The number of aromatic nitrogens is 2. The molecule has 5 amide bonds. The van der Waals surface area contributed by atoms with Crippen LogP contribution in [0.2, 0.25) is 0 Å². The highest BCUT2D eigenvalue weighted by Gasteiger charge is 2.32. The van der Waals surface area contributed by atoms with Crippen LogP contribution < -0.4 is 32.9 Å². The van der Waals surface area contributed by atoms with Crippen LogP contribution in [0, 0.1) is 17.8 Å². The van der Waals surface area contributed by atoms with Crippen LogP contribution in [-0.4, -0.2) is 69.4 Å². The van der Waals surface area contributed by atoms with Crippen molar-refractivity contribution in [1.29, 1.82) is 0 Å². The van der Waals surface area contributed by atoms with Crippen LogP contribution in [0.4, 0.5) is 0 Å². The zero-order valence-electron chi connectivity index (χ0n) is 23.9. The van der Waals surface area contributed by atoms with E-state index < -0.39 is 53.6 Å². The van der Waals surface area contributed by atoms with Crippen LogP contribution in [0.25, 0.3) is 0 Å². The molecular formula is C26H46N8O6. The molecule has 0 saturated carbocycles. The fourth-order valence-corrected chi connectivity index (χ4v) is 4.26. The lowest BCUT2D eigenvalue weighted by atomic mass is 9.92. The van der Waals surface area contributed by atoms with E-state index in [4.69, 9.17) is 16.7 Å². The van der Waals surface area contributed by atoms with E-state index in [1.54, 1.807) is 5.48 Å². The van der Waals surface area contributed by atoms with Crippen LogP contribution in [0.1, 0.15) is 71.9 Å². The first-order valence-corrected chi connectivity index (χ1v) is 13.7. The summed E-state index contributed by atoms with van der Waals surface area (Å²) >= 11 is 0. The number of rotatable bonds is 19. The van der Waals surface area contributed by atoms with Crippen LogP contribution in [0.5, 0.6) is 0 Å². The Bertz CT molecular complexity index is 953. The van der Waals surface area contributed by atoms with Gasteiger partial charge in [-0.1, -0.05) is 27.7 Å². The van der Waals surface area contributed by atoms with Gasteiger partial charge in [0.25, 0.3) is 0 Å². The number of carbonyl (C=O) groups excluding carboxylic acids is 5. The molecule has 0 unspecified atom stereocenters. The van der Waals surface area contributed by atoms with Crippen LogP contribution in [-0.2, 0) is 30.4 Å². The van der Waals surface area contributed by atoms with Gasteiger partial charge in [0.05, 0.1) is 6.33 Å². The maximum absolute atomic E-state index is 13.5. The number of primary amides is 1. The van der Waals surface area contributed by atoms with Gasteiger partial charge < -0.3 is 32.4 Å². The van der Waals surface area contributed by atoms with Gasteiger partial charge in [0.15, 0.2) is 0 Å². The monoisotopic (exact) mass is 566 g/mol. The Balaban J connectivity index is 3.13. The number of nitrogens with two attached hydrogens (primary N) is 2. The van der Waals surface area contributed by atoms with Crippen molar-refractivity contribution in [2.75, 3.05) is 6.54 Å². The Morgan fingerprint density at radius 2 is 1.50 bits per heavy atom. The standard InChI is InChI=1S/C26H46N8O6/c1-15(2)9-17(11-22(35)34-40)24(37)32-20(10-16(3)4)25(38)33-21(12-18-13-29-14-30-18)26(39)31-19(23(28)36)7-5-6-8-27/h13-17,19-21,40H,5-12,27H2,1-4H3,(H2,28,36)(H,29,30)(H,31,39)(H,32,37)(H,33,38)(H,34,35)/t17-,19+,20+,21+/m1/s1. The topological polar surface area (TPSA) is 234 Å². The lowest BCUT2D eigenvalue weighted by Crippen LogP contribution is -2.57. The van der Waals surface area contributed by atoms with Gasteiger partial charge in [-0.05, 0) is 50.5 Å². The van der Waals surface area contributed by atoms with Crippen molar-refractivity contribution < 1.29 is 29.2 Å². The summed E-state index contributed by atoms with van der Waals surface area (Å²) in [6.07, 6.45) is 4.89. The molecule has 0 aliphatic rings. The molecule has 40 heavy (non-hydrogen) atoms. The van der Waals surface area contributed by atoms with Crippen molar-refractivity contribution in [2.45, 2.75) is 90.8 Å². The minimum atomic E-state index is -1.11. The van der Waals surface area contributed by atoms with E-state index in [0.29, 0.717) is 37.9 Å². The van der Waals surface area contributed by atoms with Gasteiger partial charge in [-0.25, -0.2) is 10.5 Å². The molecule has 0 aliphatic carbocycles. The lowest BCUT2D eigenvalue weighted by Gasteiger charge is -2.27. The van der Waals surface area contributed by atoms with Gasteiger partial charge in [-0.2, -0.15) is 0 Å². The molecule has 0 fully saturated rings. The van der Waals surface area contributed by atoms with E-state index in [1.807, 2.05) is 27.7 Å². The molecule has 14 nitrogen and oxygen atoms in total. The molecular weight excluding hydrogens is 520 g/mol. The van der Waals surface area contributed by atoms with Crippen molar-refractivity contribution in [3.05, 3.63) is 18.2 Å². The van der Waals surface area contributed by atoms with E-state index in [1.165, 1.54) is 12.5 Å². The Morgan fingerprint density at radius 3 is 2.02 bits per heavy atom. The van der Waals surface area contributed by atoms with E-state index in [0.717, 1.165) is 0 Å². The number of hydroxylamine groups is 1. The number of hydrogen-bond acceptors (Lipinski definition) is 8. The number of nitrogens with zero attached hydrogens (tertiary/aromatic N) is 1. The highest BCUT2D eigenvalue weighted by Crippen LogP contribution is 2.17. The maximum Gasteiger partial charge on any atom is 0.244 e. The van der Waals surface area contributed by atoms with Crippen molar-refractivity contribution in [1.82, 2.24) is 31.4 Å². The van der Waals surface area contributed by atoms with Crippen molar-refractivity contribution in [3.8, 4) is 0 Å². The Hall–Kier alpha value is -3.52. The van der Waals surface area contributed by atoms with Gasteiger partial charge in [-0.3, -0.25) is 29.2 Å². The third-order valence-electron chi connectivity index (χ3n) is 6.24. The Morgan fingerprint density at radius 1 is 0.900 bits per heavy atom. The molecule has 1 heterocycles. The SMILES string of the molecule is CC(C)C[C@H](CC(=O)NO)C(=O)N[C@@H](CC(C)C)C(=O)N[C@@H](Cc1cnc[nH]1)C(=O)N[C@@H](CCCCN)C(N)=O. The number of imidazole rings is 1. The fraction of sp³-hybridized carbons (Fsp3) is 0.692. The van der Waals surface area contributed by atoms with Gasteiger partial charge in [0.1, 0.15) is 18.1 Å². The maximum atomic E-state index is 13.5. The number of H-pyrrole nitrogens is 1.